The number of sulfonamides is 1. The number of hydrogen-bond acceptors (Lipinski definition) is 7. The lowest BCUT2D eigenvalue weighted by Crippen LogP contribution is -2.47. The molecule has 188 valence electrons. The summed E-state index contributed by atoms with van der Waals surface area (Å²) in [5.74, 6) is 0.508. The van der Waals surface area contributed by atoms with Crippen LogP contribution in [0.25, 0.3) is 0 Å². The van der Waals surface area contributed by atoms with Gasteiger partial charge in [0.25, 0.3) is 15.9 Å². The van der Waals surface area contributed by atoms with E-state index in [9.17, 15) is 18.0 Å². The predicted octanol–water partition coefficient (Wildman–Crippen LogP) is 3.31. The molecule has 2 aliphatic heterocycles. The van der Waals surface area contributed by atoms with Crippen LogP contribution in [0.2, 0.25) is 0 Å². The van der Waals surface area contributed by atoms with Crippen LogP contribution in [0.5, 0.6) is 11.5 Å². The summed E-state index contributed by atoms with van der Waals surface area (Å²) in [6.07, 6.45) is 0.0527. The monoisotopic (exact) mass is 502 g/mol. The van der Waals surface area contributed by atoms with Gasteiger partial charge in [0.05, 0.1) is 16.1 Å². The summed E-state index contributed by atoms with van der Waals surface area (Å²) in [5, 5.41) is 0. The summed E-state index contributed by atoms with van der Waals surface area (Å²) >= 11 is 0. The number of carbonyl (C=O) groups is 2. The number of ether oxygens (including phenoxy) is 3. The highest BCUT2D eigenvalue weighted by Crippen LogP contribution is 2.33. The summed E-state index contributed by atoms with van der Waals surface area (Å²) in [6, 6.07) is 10.4. The van der Waals surface area contributed by atoms with Gasteiger partial charge < -0.3 is 19.1 Å². The van der Waals surface area contributed by atoms with Crippen molar-refractivity contribution in [1.29, 1.82) is 0 Å². The quantitative estimate of drug-likeness (QED) is 0.603. The molecule has 0 saturated carbocycles. The zero-order valence-electron chi connectivity index (χ0n) is 20.0. The van der Waals surface area contributed by atoms with E-state index in [1.165, 1.54) is 37.3 Å². The molecule has 3 atom stereocenters. The van der Waals surface area contributed by atoms with Crippen molar-refractivity contribution in [3.05, 3.63) is 48.0 Å². The number of fused-ring (bicyclic) bond motifs is 1. The number of hydrogen-bond donors (Lipinski definition) is 1. The lowest BCUT2D eigenvalue weighted by molar-refractivity contribution is -0.142. The Balaban J connectivity index is 1.48. The Hall–Kier alpha value is -3.27. The molecule has 4 rings (SSSR count). The number of benzene rings is 2. The highest BCUT2D eigenvalue weighted by Gasteiger charge is 2.31. The van der Waals surface area contributed by atoms with Gasteiger partial charge in [-0.25, -0.2) is 13.2 Å². The third-order valence-electron chi connectivity index (χ3n) is 6.03. The second-order valence-electron chi connectivity index (χ2n) is 9.19. The highest BCUT2D eigenvalue weighted by atomic mass is 32.2. The van der Waals surface area contributed by atoms with Gasteiger partial charge in [-0.3, -0.25) is 9.52 Å². The molecule has 2 heterocycles. The first-order valence-corrected chi connectivity index (χ1v) is 13.1. The Labute approximate surface area is 205 Å². The average Bonchev–Trinajstić information content (AvgIpc) is 2.82. The van der Waals surface area contributed by atoms with Gasteiger partial charge in [-0.2, -0.15) is 0 Å². The number of piperidine rings is 1. The fourth-order valence-corrected chi connectivity index (χ4v) is 5.61. The SMILES string of the molecule is C[C@@H]1C[C@H](C)CN(C(=O)[C@H](C)OC(=O)c2ccccc2NS(=O)(=O)c2ccc3c(c2)OCCO3)C1. The van der Waals surface area contributed by atoms with Crippen molar-refractivity contribution >= 4 is 27.6 Å². The number of likely N-dealkylation sites (tertiary alicyclic amines) is 1. The Morgan fingerprint density at radius 2 is 1.69 bits per heavy atom. The summed E-state index contributed by atoms with van der Waals surface area (Å²) in [7, 11) is -4.05. The molecule has 2 aromatic rings. The van der Waals surface area contributed by atoms with E-state index in [2.05, 4.69) is 18.6 Å². The molecule has 10 heteroatoms. The van der Waals surface area contributed by atoms with Crippen molar-refractivity contribution < 1.29 is 32.2 Å². The number of anilines is 1. The minimum absolute atomic E-state index is 0.00801. The standard InChI is InChI=1S/C25H30N2O7S/c1-16-12-17(2)15-27(14-16)24(28)18(3)34-25(29)20-6-4-5-7-21(20)26-35(30,31)19-8-9-22-23(13-19)33-11-10-32-22/h4-9,13,16-18,26H,10-12,14-15H2,1-3H3/t16-,17+,18-/m0/s1. The third-order valence-corrected chi connectivity index (χ3v) is 7.39. The van der Waals surface area contributed by atoms with Crippen LogP contribution in [0.4, 0.5) is 5.69 Å². The van der Waals surface area contributed by atoms with Crippen molar-refractivity contribution in [1.82, 2.24) is 4.90 Å². The Morgan fingerprint density at radius 1 is 1.03 bits per heavy atom. The van der Waals surface area contributed by atoms with Gasteiger partial charge in [0.1, 0.15) is 13.2 Å². The Kier molecular flexibility index (Phi) is 7.20. The van der Waals surface area contributed by atoms with E-state index < -0.39 is 22.1 Å². The van der Waals surface area contributed by atoms with Crippen LogP contribution in [-0.4, -0.2) is 57.6 Å². The largest absolute Gasteiger partial charge is 0.486 e. The van der Waals surface area contributed by atoms with Gasteiger partial charge in [-0.05, 0) is 49.4 Å². The lowest BCUT2D eigenvalue weighted by atomic mass is 9.91. The van der Waals surface area contributed by atoms with E-state index in [-0.39, 0.29) is 22.1 Å². The first-order chi connectivity index (χ1) is 16.6. The smallest absolute Gasteiger partial charge is 0.341 e. The first kappa shape index (κ1) is 24.8. The van der Waals surface area contributed by atoms with Crippen molar-refractivity contribution in [2.24, 2.45) is 11.8 Å². The van der Waals surface area contributed by atoms with Gasteiger partial charge in [-0.15, -0.1) is 0 Å². The van der Waals surface area contributed by atoms with Crippen molar-refractivity contribution in [2.75, 3.05) is 31.0 Å². The van der Waals surface area contributed by atoms with E-state index in [0.717, 1.165) is 6.42 Å². The molecule has 1 N–H and O–H groups in total. The minimum Gasteiger partial charge on any atom is -0.486 e. The van der Waals surface area contributed by atoms with Crippen LogP contribution >= 0.6 is 0 Å². The zero-order chi connectivity index (χ0) is 25.2. The number of rotatable bonds is 6. The van der Waals surface area contributed by atoms with E-state index >= 15 is 0 Å². The molecule has 0 unspecified atom stereocenters. The molecule has 0 spiro atoms. The van der Waals surface area contributed by atoms with E-state index in [1.54, 1.807) is 17.0 Å². The van der Waals surface area contributed by atoms with Crippen LogP contribution in [0, 0.1) is 11.8 Å². The topological polar surface area (TPSA) is 111 Å². The molecule has 0 radical (unpaired) electrons. The van der Waals surface area contributed by atoms with Gasteiger partial charge in [0.15, 0.2) is 17.6 Å². The molecule has 1 amide bonds. The Morgan fingerprint density at radius 3 is 2.40 bits per heavy atom. The zero-order valence-corrected chi connectivity index (χ0v) is 20.8. The molecule has 0 bridgehead atoms. The van der Waals surface area contributed by atoms with E-state index in [0.29, 0.717) is 49.6 Å². The Bertz CT molecular complexity index is 1200. The molecule has 9 nitrogen and oxygen atoms in total. The molecule has 0 aliphatic carbocycles. The fraction of sp³-hybridized carbons (Fsp3) is 0.440. The summed E-state index contributed by atoms with van der Waals surface area (Å²) in [4.78, 5) is 27.5. The van der Waals surface area contributed by atoms with Crippen molar-refractivity contribution in [2.45, 2.75) is 38.2 Å². The maximum absolute atomic E-state index is 13.0. The number of nitrogens with zero attached hydrogens (tertiary/aromatic N) is 1. The highest BCUT2D eigenvalue weighted by molar-refractivity contribution is 7.92. The van der Waals surface area contributed by atoms with Crippen LogP contribution in [0.1, 0.15) is 37.6 Å². The van der Waals surface area contributed by atoms with Crippen LogP contribution in [-0.2, 0) is 19.6 Å². The van der Waals surface area contributed by atoms with E-state index in [4.69, 9.17) is 14.2 Å². The molecule has 0 aromatic heterocycles. The van der Waals surface area contributed by atoms with Gasteiger partial charge >= 0.3 is 5.97 Å². The van der Waals surface area contributed by atoms with Gasteiger partial charge in [0, 0.05) is 19.2 Å². The normalized spacial score (nSPS) is 20.6. The molecule has 35 heavy (non-hydrogen) atoms. The van der Waals surface area contributed by atoms with Gasteiger partial charge in [0.2, 0.25) is 0 Å². The maximum Gasteiger partial charge on any atom is 0.341 e. The molecular formula is C25H30N2O7S. The van der Waals surface area contributed by atoms with Gasteiger partial charge in [-0.1, -0.05) is 26.0 Å². The van der Waals surface area contributed by atoms with Crippen LogP contribution in [0.3, 0.4) is 0 Å². The summed E-state index contributed by atoms with van der Waals surface area (Å²) in [5.41, 5.74) is 0.0564. The van der Waals surface area contributed by atoms with E-state index in [1.807, 2.05) is 0 Å². The number of amides is 1. The van der Waals surface area contributed by atoms with Crippen LogP contribution < -0.4 is 14.2 Å². The van der Waals surface area contributed by atoms with Crippen LogP contribution in [0.15, 0.2) is 47.4 Å². The minimum atomic E-state index is -4.05. The average molecular weight is 503 g/mol. The molecule has 1 saturated heterocycles. The molecular weight excluding hydrogens is 472 g/mol. The number of carbonyl (C=O) groups excluding carboxylic acids is 2. The number of esters is 1. The first-order valence-electron chi connectivity index (χ1n) is 11.7. The fourth-order valence-electron chi connectivity index (χ4n) is 4.52. The number of nitrogens with one attached hydrogen (secondary N) is 1. The third kappa shape index (κ3) is 5.70. The van der Waals surface area contributed by atoms with Crippen molar-refractivity contribution in [3.63, 3.8) is 0 Å². The summed E-state index contributed by atoms with van der Waals surface area (Å²) in [6.45, 7) is 7.68. The predicted molar refractivity (Wildman–Crippen MR) is 129 cm³/mol. The molecule has 1 fully saturated rings. The number of para-hydroxylation sites is 1. The molecule has 2 aromatic carbocycles. The second kappa shape index (κ2) is 10.2. The maximum atomic E-state index is 13.0. The summed E-state index contributed by atoms with van der Waals surface area (Å²) < 4.78 is 44.9. The lowest BCUT2D eigenvalue weighted by Gasteiger charge is -2.36. The second-order valence-corrected chi connectivity index (χ2v) is 10.9. The van der Waals surface area contributed by atoms with Crippen molar-refractivity contribution in [3.8, 4) is 11.5 Å². The molecule has 2 aliphatic rings.